The molecule has 62 valence electrons. The maximum absolute atomic E-state index is 10.1. The molecule has 5 heteroatoms. The van der Waals surface area contributed by atoms with Gasteiger partial charge in [0.05, 0.1) is 15.9 Å². The van der Waals surface area contributed by atoms with E-state index in [4.69, 9.17) is 0 Å². The molecule has 0 rings (SSSR count). The van der Waals surface area contributed by atoms with E-state index in [1.165, 1.54) is 0 Å². The minimum Gasteiger partial charge on any atom is -0.748 e. The summed E-state index contributed by atoms with van der Waals surface area (Å²) in [5.74, 6) is -0.294. The minimum atomic E-state index is -4.02. The highest BCUT2D eigenvalue weighted by Crippen LogP contribution is 1.85. The molecule has 0 aliphatic heterocycles. The van der Waals surface area contributed by atoms with E-state index in [9.17, 15) is 13.0 Å². The summed E-state index contributed by atoms with van der Waals surface area (Å²) in [6, 6.07) is 0. The van der Waals surface area contributed by atoms with Gasteiger partial charge in [0, 0.05) is 6.54 Å². The van der Waals surface area contributed by atoms with E-state index in [0.717, 1.165) is 6.54 Å². The first-order valence-corrected chi connectivity index (χ1v) is 4.65. The SMILES string of the molecule is CCN(C)CCS(=O)(=O)[O-]. The first-order chi connectivity index (χ1) is 4.45. The summed E-state index contributed by atoms with van der Waals surface area (Å²) in [5, 5.41) is 0. The second-order valence-electron chi connectivity index (χ2n) is 2.16. The van der Waals surface area contributed by atoms with Crippen molar-refractivity contribution in [3.8, 4) is 0 Å². The molecule has 0 unspecified atom stereocenters. The monoisotopic (exact) mass is 166 g/mol. The van der Waals surface area contributed by atoms with Gasteiger partial charge in [0.1, 0.15) is 0 Å². The van der Waals surface area contributed by atoms with E-state index in [0.29, 0.717) is 6.54 Å². The van der Waals surface area contributed by atoms with Crippen LogP contribution in [0, 0.1) is 0 Å². The van der Waals surface area contributed by atoms with Crippen LogP contribution in [0.1, 0.15) is 6.92 Å². The van der Waals surface area contributed by atoms with Gasteiger partial charge in [-0.05, 0) is 13.6 Å². The summed E-state index contributed by atoms with van der Waals surface area (Å²) in [6.07, 6.45) is 0. The lowest BCUT2D eigenvalue weighted by Crippen LogP contribution is -2.25. The summed E-state index contributed by atoms with van der Waals surface area (Å²) in [7, 11) is -2.25. The van der Waals surface area contributed by atoms with Gasteiger partial charge in [0.15, 0.2) is 0 Å². The lowest BCUT2D eigenvalue weighted by atomic mass is 10.6. The third kappa shape index (κ3) is 6.00. The van der Waals surface area contributed by atoms with E-state index in [2.05, 4.69) is 0 Å². The van der Waals surface area contributed by atoms with Gasteiger partial charge in [-0.2, -0.15) is 0 Å². The third-order valence-electron chi connectivity index (χ3n) is 1.26. The number of hydrogen-bond acceptors (Lipinski definition) is 4. The predicted octanol–water partition coefficient (Wildman–Crippen LogP) is -0.517. The van der Waals surface area contributed by atoms with Crippen LogP contribution >= 0.6 is 0 Å². The Morgan fingerprint density at radius 2 is 2.00 bits per heavy atom. The molecule has 0 aromatic carbocycles. The molecule has 0 aliphatic carbocycles. The van der Waals surface area contributed by atoms with Gasteiger partial charge in [-0.3, -0.25) is 0 Å². The zero-order valence-corrected chi connectivity index (χ0v) is 7.02. The lowest BCUT2D eigenvalue weighted by Gasteiger charge is -2.14. The molecule has 0 aromatic rings. The Morgan fingerprint density at radius 3 is 2.30 bits per heavy atom. The van der Waals surface area contributed by atoms with Crippen LogP contribution in [0.5, 0.6) is 0 Å². The van der Waals surface area contributed by atoms with Gasteiger partial charge < -0.3 is 9.45 Å². The Hall–Kier alpha value is -0.130. The molecule has 10 heavy (non-hydrogen) atoms. The van der Waals surface area contributed by atoms with Crippen molar-refractivity contribution < 1.29 is 13.0 Å². The average Bonchev–Trinajstić information content (AvgIpc) is 1.81. The Bertz CT molecular complexity index is 175. The predicted molar refractivity (Wildman–Crippen MR) is 37.7 cm³/mol. The van der Waals surface area contributed by atoms with Crippen molar-refractivity contribution >= 4 is 10.1 Å². The van der Waals surface area contributed by atoms with E-state index in [1.54, 1.807) is 11.9 Å². The number of rotatable bonds is 4. The van der Waals surface area contributed by atoms with Crippen molar-refractivity contribution in [3.05, 3.63) is 0 Å². The van der Waals surface area contributed by atoms with Gasteiger partial charge in [-0.15, -0.1) is 0 Å². The quantitative estimate of drug-likeness (QED) is 0.527. The first-order valence-electron chi connectivity index (χ1n) is 3.08. The third-order valence-corrected chi connectivity index (χ3v) is 1.95. The van der Waals surface area contributed by atoms with E-state index in [1.807, 2.05) is 6.92 Å². The second-order valence-corrected chi connectivity index (χ2v) is 3.68. The van der Waals surface area contributed by atoms with Crippen LogP contribution in [0.4, 0.5) is 0 Å². The first kappa shape index (κ1) is 9.87. The van der Waals surface area contributed by atoms with Gasteiger partial charge >= 0.3 is 0 Å². The average molecular weight is 166 g/mol. The van der Waals surface area contributed by atoms with E-state index in [-0.39, 0.29) is 5.75 Å². The molecule has 0 N–H and O–H groups in total. The normalized spacial score (nSPS) is 12.4. The Kier molecular flexibility index (Phi) is 3.85. The van der Waals surface area contributed by atoms with Gasteiger partial charge in [0.2, 0.25) is 0 Å². The van der Waals surface area contributed by atoms with Crippen LogP contribution in [0.15, 0.2) is 0 Å². The smallest absolute Gasteiger partial charge is 0.0958 e. The largest absolute Gasteiger partial charge is 0.748 e. The molecule has 0 aliphatic rings. The van der Waals surface area contributed by atoms with Crippen LogP contribution < -0.4 is 0 Å². The van der Waals surface area contributed by atoms with Crippen LogP contribution in [-0.2, 0) is 10.1 Å². The second kappa shape index (κ2) is 3.90. The summed E-state index contributed by atoms with van der Waals surface area (Å²) >= 11 is 0. The van der Waals surface area contributed by atoms with Crippen molar-refractivity contribution in [2.45, 2.75) is 6.92 Å². The van der Waals surface area contributed by atoms with Crippen molar-refractivity contribution in [2.24, 2.45) is 0 Å². The molecule has 4 nitrogen and oxygen atoms in total. The molecule has 0 amide bonds. The fraction of sp³-hybridized carbons (Fsp3) is 1.00. The highest BCUT2D eigenvalue weighted by atomic mass is 32.2. The minimum absolute atomic E-state index is 0.294. The molecule has 0 saturated carbocycles. The van der Waals surface area contributed by atoms with Crippen LogP contribution in [-0.4, -0.2) is 43.8 Å². The lowest BCUT2D eigenvalue weighted by molar-refractivity contribution is 0.366. The summed E-state index contributed by atoms with van der Waals surface area (Å²) in [6.45, 7) is 2.98. The molecule has 0 heterocycles. The Labute approximate surface area is 61.6 Å². The van der Waals surface area contributed by atoms with Crippen LogP contribution in [0.3, 0.4) is 0 Å². The van der Waals surface area contributed by atoms with Crippen molar-refractivity contribution in [1.82, 2.24) is 4.90 Å². The molecular weight excluding hydrogens is 154 g/mol. The fourth-order valence-corrected chi connectivity index (χ4v) is 0.961. The molecule has 0 saturated heterocycles. The van der Waals surface area contributed by atoms with E-state index >= 15 is 0 Å². The number of hydrogen-bond donors (Lipinski definition) is 0. The highest BCUT2D eigenvalue weighted by Gasteiger charge is 1.97. The zero-order valence-electron chi connectivity index (χ0n) is 6.20. The van der Waals surface area contributed by atoms with Gasteiger partial charge in [0.25, 0.3) is 0 Å². The Morgan fingerprint density at radius 1 is 1.50 bits per heavy atom. The summed E-state index contributed by atoms with van der Waals surface area (Å²) in [5.41, 5.74) is 0. The molecule has 0 aromatic heterocycles. The standard InChI is InChI=1S/C5H13NO3S/c1-3-6(2)4-5-10(7,8)9/h3-5H2,1-2H3,(H,7,8,9)/p-1. The van der Waals surface area contributed by atoms with Gasteiger partial charge in [-0.1, -0.05) is 6.92 Å². The summed E-state index contributed by atoms with van der Waals surface area (Å²) < 4.78 is 30.2. The molecule has 0 spiro atoms. The van der Waals surface area contributed by atoms with Crippen molar-refractivity contribution in [1.29, 1.82) is 0 Å². The Balaban J connectivity index is 3.56. The van der Waals surface area contributed by atoms with Gasteiger partial charge in [-0.25, -0.2) is 8.42 Å². The molecule has 0 radical (unpaired) electrons. The zero-order chi connectivity index (χ0) is 8.20. The topological polar surface area (TPSA) is 60.4 Å². The maximum Gasteiger partial charge on any atom is 0.0958 e. The molecular formula is C5H12NO3S-. The molecule has 0 bridgehead atoms. The van der Waals surface area contributed by atoms with E-state index < -0.39 is 10.1 Å². The highest BCUT2D eigenvalue weighted by molar-refractivity contribution is 7.85. The molecule has 0 atom stereocenters. The van der Waals surface area contributed by atoms with Crippen LogP contribution in [0.2, 0.25) is 0 Å². The van der Waals surface area contributed by atoms with Crippen molar-refractivity contribution in [3.63, 3.8) is 0 Å². The van der Waals surface area contributed by atoms with Crippen LogP contribution in [0.25, 0.3) is 0 Å². The summed E-state index contributed by atoms with van der Waals surface area (Å²) in [4.78, 5) is 1.77. The van der Waals surface area contributed by atoms with Crippen molar-refractivity contribution in [2.75, 3.05) is 25.9 Å². The maximum atomic E-state index is 10.1. The number of nitrogens with zero attached hydrogens (tertiary/aromatic N) is 1. The molecule has 0 fully saturated rings. The fourth-order valence-electron chi connectivity index (χ4n) is 0.426.